The van der Waals surface area contributed by atoms with Crippen molar-refractivity contribution in [1.82, 2.24) is 14.8 Å². The van der Waals surface area contributed by atoms with Crippen molar-refractivity contribution in [3.8, 4) is 29.0 Å². The molecule has 0 bridgehead atoms. The van der Waals surface area contributed by atoms with Gasteiger partial charge in [-0.2, -0.15) is 5.26 Å². The molecule has 0 aliphatic carbocycles. The summed E-state index contributed by atoms with van der Waals surface area (Å²) in [6.45, 7) is 2.50. The number of carbonyl (C=O) groups excluding carboxylic acids is 1. The van der Waals surface area contributed by atoms with Gasteiger partial charge in [0.2, 0.25) is 12.7 Å². The van der Waals surface area contributed by atoms with E-state index in [1.807, 2.05) is 53.1 Å². The molecule has 1 N–H and O–H groups in total. The van der Waals surface area contributed by atoms with E-state index in [0.29, 0.717) is 34.5 Å². The van der Waals surface area contributed by atoms with E-state index < -0.39 is 5.25 Å². The highest BCUT2D eigenvalue weighted by molar-refractivity contribution is 8.00. The molecule has 5 rings (SSSR count). The summed E-state index contributed by atoms with van der Waals surface area (Å²) >= 11 is 1.31. The molecule has 0 saturated heterocycles. The second-order valence-corrected chi connectivity index (χ2v) is 9.16. The second-order valence-electron chi connectivity index (χ2n) is 7.85. The lowest BCUT2D eigenvalue weighted by atomic mass is 10.2. The van der Waals surface area contributed by atoms with Crippen LogP contribution in [0.2, 0.25) is 0 Å². The topological polar surface area (TPSA) is 102 Å². The molecule has 1 aliphatic rings. The third kappa shape index (κ3) is 4.83. The van der Waals surface area contributed by atoms with Crippen LogP contribution < -0.4 is 14.8 Å². The monoisotopic (exact) mass is 483 g/mol. The summed E-state index contributed by atoms with van der Waals surface area (Å²) in [4.78, 5) is 12.9. The van der Waals surface area contributed by atoms with Crippen LogP contribution in [0.4, 0.5) is 5.69 Å². The zero-order valence-electron chi connectivity index (χ0n) is 18.8. The Morgan fingerprint density at radius 3 is 2.69 bits per heavy atom. The zero-order valence-corrected chi connectivity index (χ0v) is 19.7. The number of rotatable bonds is 7. The lowest BCUT2D eigenvalue weighted by Crippen LogP contribution is -2.23. The molecule has 1 aromatic heterocycles. The van der Waals surface area contributed by atoms with E-state index in [2.05, 4.69) is 21.6 Å². The minimum Gasteiger partial charge on any atom is -0.454 e. The van der Waals surface area contributed by atoms with Gasteiger partial charge in [0, 0.05) is 5.56 Å². The maximum atomic E-state index is 12.9. The van der Waals surface area contributed by atoms with Crippen molar-refractivity contribution in [2.45, 2.75) is 23.9 Å². The van der Waals surface area contributed by atoms with E-state index in [1.54, 1.807) is 31.2 Å². The van der Waals surface area contributed by atoms with E-state index >= 15 is 0 Å². The van der Waals surface area contributed by atoms with Crippen LogP contribution in [-0.4, -0.2) is 32.7 Å². The number of amides is 1. The molecule has 1 unspecified atom stereocenters. The van der Waals surface area contributed by atoms with Crippen LogP contribution in [0.3, 0.4) is 0 Å². The molecule has 9 heteroatoms. The first-order chi connectivity index (χ1) is 17.1. The average Bonchev–Trinajstić information content (AvgIpc) is 3.51. The summed E-state index contributed by atoms with van der Waals surface area (Å²) in [7, 11) is 0. The summed E-state index contributed by atoms with van der Waals surface area (Å²) in [6, 6.07) is 24.6. The number of nitrogens with one attached hydrogen (secondary N) is 1. The van der Waals surface area contributed by atoms with Gasteiger partial charge in [-0.05, 0) is 36.8 Å². The van der Waals surface area contributed by atoms with E-state index in [-0.39, 0.29) is 12.7 Å². The number of anilines is 1. The molecule has 0 spiro atoms. The Balaban J connectivity index is 1.42. The number of ether oxygens (including phenoxy) is 2. The molecule has 0 saturated carbocycles. The number of hydrogen-bond acceptors (Lipinski definition) is 7. The van der Waals surface area contributed by atoms with Crippen LogP contribution in [0.15, 0.2) is 78.0 Å². The average molecular weight is 484 g/mol. The predicted octanol–water partition coefficient (Wildman–Crippen LogP) is 4.71. The highest BCUT2D eigenvalue weighted by atomic mass is 32.2. The van der Waals surface area contributed by atoms with Crippen LogP contribution in [0.25, 0.3) is 11.4 Å². The minimum atomic E-state index is -0.481. The smallest absolute Gasteiger partial charge is 0.237 e. The van der Waals surface area contributed by atoms with Gasteiger partial charge in [-0.3, -0.25) is 9.36 Å². The third-order valence-electron chi connectivity index (χ3n) is 5.48. The van der Waals surface area contributed by atoms with E-state index in [9.17, 15) is 10.1 Å². The van der Waals surface area contributed by atoms with Gasteiger partial charge in [-0.15, -0.1) is 10.2 Å². The quantitative estimate of drug-likeness (QED) is 0.380. The molecular formula is C26H21N5O3S. The summed E-state index contributed by atoms with van der Waals surface area (Å²) < 4.78 is 12.9. The first kappa shape index (κ1) is 22.5. The number of nitriles is 1. The van der Waals surface area contributed by atoms with Gasteiger partial charge in [-0.25, -0.2) is 0 Å². The molecular weight excluding hydrogens is 462 g/mol. The van der Waals surface area contributed by atoms with Gasteiger partial charge in [0.25, 0.3) is 0 Å². The Hall–Kier alpha value is -4.29. The molecule has 4 aromatic rings. The molecule has 35 heavy (non-hydrogen) atoms. The van der Waals surface area contributed by atoms with Gasteiger partial charge in [0.1, 0.15) is 6.07 Å². The Kier molecular flexibility index (Phi) is 6.37. The minimum absolute atomic E-state index is 0.212. The third-order valence-corrected chi connectivity index (χ3v) is 6.56. The summed E-state index contributed by atoms with van der Waals surface area (Å²) in [5.41, 5.74) is 2.82. The largest absolute Gasteiger partial charge is 0.454 e. The van der Waals surface area contributed by atoms with Crippen LogP contribution in [0, 0.1) is 11.3 Å². The van der Waals surface area contributed by atoms with Gasteiger partial charge >= 0.3 is 0 Å². The molecule has 3 aromatic carbocycles. The van der Waals surface area contributed by atoms with Crippen LogP contribution in [-0.2, 0) is 11.3 Å². The number of fused-ring (bicyclic) bond motifs is 1. The first-order valence-electron chi connectivity index (χ1n) is 11.0. The lowest BCUT2D eigenvalue weighted by Gasteiger charge is -2.15. The normalized spacial score (nSPS) is 12.7. The Morgan fingerprint density at radius 1 is 1.09 bits per heavy atom. The van der Waals surface area contributed by atoms with E-state index in [0.717, 1.165) is 16.9 Å². The molecule has 1 atom stereocenters. The van der Waals surface area contributed by atoms with Gasteiger partial charge in [-0.1, -0.05) is 60.3 Å². The molecule has 8 nitrogen and oxygen atoms in total. The van der Waals surface area contributed by atoms with Crippen molar-refractivity contribution in [2.24, 2.45) is 0 Å². The molecule has 0 radical (unpaired) electrons. The SMILES string of the molecule is CC(Sc1nnc(-c2ccccc2)n1Cc1ccc2c(c1)OCO2)C(=O)Nc1ccccc1C#N. The Morgan fingerprint density at radius 2 is 1.86 bits per heavy atom. The molecule has 2 heterocycles. The lowest BCUT2D eigenvalue weighted by molar-refractivity contribution is -0.115. The zero-order chi connectivity index (χ0) is 24.2. The van der Waals surface area contributed by atoms with Crippen LogP contribution in [0.1, 0.15) is 18.1 Å². The Bertz CT molecular complexity index is 1410. The fourth-order valence-electron chi connectivity index (χ4n) is 3.68. The fourth-order valence-corrected chi connectivity index (χ4v) is 4.53. The molecule has 0 fully saturated rings. The van der Waals surface area contributed by atoms with Crippen molar-refractivity contribution in [2.75, 3.05) is 12.1 Å². The maximum absolute atomic E-state index is 12.9. The predicted molar refractivity (Wildman–Crippen MR) is 132 cm³/mol. The number of thioether (sulfide) groups is 1. The van der Waals surface area contributed by atoms with Gasteiger partial charge in [0.05, 0.1) is 23.0 Å². The number of aromatic nitrogens is 3. The van der Waals surface area contributed by atoms with Crippen molar-refractivity contribution < 1.29 is 14.3 Å². The van der Waals surface area contributed by atoms with Crippen molar-refractivity contribution in [3.05, 3.63) is 83.9 Å². The number of para-hydroxylation sites is 1. The van der Waals surface area contributed by atoms with E-state index in [4.69, 9.17) is 9.47 Å². The van der Waals surface area contributed by atoms with Crippen LogP contribution >= 0.6 is 11.8 Å². The number of hydrogen-bond donors (Lipinski definition) is 1. The van der Waals surface area contributed by atoms with Gasteiger partial charge in [0.15, 0.2) is 22.5 Å². The number of carbonyl (C=O) groups is 1. The fraction of sp³-hybridized carbons (Fsp3) is 0.154. The Labute approximate surface area is 206 Å². The highest BCUT2D eigenvalue weighted by Gasteiger charge is 2.22. The summed E-state index contributed by atoms with van der Waals surface area (Å²) in [6.07, 6.45) is 0. The first-order valence-corrected chi connectivity index (χ1v) is 11.8. The van der Waals surface area contributed by atoms with E-state index in [1.165, 1.54) is 11.8 Å². The maximum Gasteiger partial charge on any atom is 0.237 e. The van der Waals surface area contributed by atoms with Gasteiger partial charge < -0.3 is 14.8 Å². The summed E-state index contributed by atoms with van der Waals surface area (Å²) in [5, 5.41) is 21.1. The summed E-state index contributed by atoms with van der Waals surface area (Å²) in [5.74, 6) is 1.90. The number of nitrogens with zero attached hydrogens (tertiary/aromatic N) is 4. The second kappa shape index (κ2) is 9.91. The molecule has 1 aliphatic heterocycles. The molecule has 174 valence electrons. The standard InChI is InChI=1S/C26H21N5O3S/c1-17(25(32)28-21-10-6-5-9-20(21)14-27)35-26-30-29-24(19-7-3-2-4-8-19)31(26)15-18-11-12-22-23(13-18)34-16-33-22/h2-13,17H,15-16H2,1H3,(H,28,32). The van der Waals surface area contributed by atoms with Crippen molar-refractivity contribution in [1.29, 1.82) is 5.26 Å². The highest BCUT2D eigenvalue weighted by Crippen LogP contribution is 2.34. The number of benzene rings is 3. The molecule has 1 amide bonds. The van der Waals surface area contributed by atoms with Crippen molar-refractivity contribution >= 4 is 23.4 Å². The van der Waals surface area contributed by atoms with Crippen molar-refractivity contribution in [3.63, 3.8) is 0 Å². The van der Waals surface area contributed by atoms with Crippen LogP contribution in [0.5, 0.6) is 11.5 Å².